The summed E-state index contributed by atoms with van der Waals surface area (Å²) in [6.45, 7) is 2.64. The van der Waals surface area contributed by atoms with Crippen LogP contribution in [0.25, 0.3) is 0 Å². The molecule has 0 unspecified atom stereocenters. The number of carbonyl (C=O) groups excluding carboxylic acids is 2. The number of ether oxygens (including phenoxy) is 5. The first-order valence-corrected chi connectivity index (χ1v) is 11.9. The molecule has 190 valence electrons. The second-order valence-corrected chi connectivity index (χ2v) is 7.98. The lowest BCUT2D eigenvalue weighted by atomic mass is 10.2. The molecule has 0 saturated carbocycles. The van der Waals surface area contributed by atoms with Crippen LogP contribution in [0, 0.1) is 0 Å². The first kappa shape index (κ1) is 26.5. The van der Waals surface area contributed by atoms with E-state index in [2.05, 4.69) is 15.5 Å². The lowest BCUT2D eigenvalue weighted by Gasteiger charge is -2.12. The molecule has 0 atom stereocenters. The molecule has 1 heterocycles. The van der Waals surface area contributed by atoms with Crippen molar-refractivity contribution in [2.45, 2.75) is 13.3 Å². The van der Waals surface area contributed by atoms with Crippen LogP contribution < -0.4 is 19.6 Å². The number of methoxy groups -OCH3 is 2. The van der Waals surface area contributed by atoms with E-state index in [0.717, 1.165) is 5.56 Å². The first-order valence-electron chi connectivity index (χ1n) is 11.0. The van der Waals surface area contributed by atoms with Crippen LogP contribution in [0.4, 0.5) is 5.13 Å². The number of esters is 2. The smallest absolute Gasteiger partial charge is 0.337 e. The molecule has 1 aromatic heterocycles. The maximum Gasteiger partial charge on any atom is 0.337 e. The third kappa shape index (κ3) is 7.98. The summed E-state index contributed by atoms with van der Waals surface area (Å²) in [5.74, 6) is 0.897. The van der Waals surface area contributed by atoms with Gasteiger partial charge in [0.15, 0.2) is 11.5 Å². The van der Waals surface area contributed by atoms with E-state index in [4.69, 9.17) is 23.7 Å². The number of carbonyl (C=O) groups is 2. The van der Waals surface area contributed by atoms with Crippen molar-refractivity contribution >= 4 is 34.6 Å². The normalized spacial score (nSPS) is 10.6. The number of hydrogen-bond acceptors (Lipinski definition) is 11. The van der Waals surface area contributed by atoms with Crippen molar-refractivity contribution in [3.8, 4) is 17.2 Å². The number of benzene rings is 2. The molecule has 0 aliphatic heterocycles. The first-order chi connectivity index (χ1) is 17.5. The standard InChI is InChI=1S/C25H27N3O7S/c1-4-33-23(29)14-19-16-36-25(27-19)28-26-15-17-8-9-21(22(12-17)31-2)35-11-10-34-20-7-5-6-18(13-20)24(30)32-3/h5-9,12-13,15-16H,4,10-11,14H2,1-3H3,(H,27,28). The average Bonchev–Trinajstić information content (AvgIpc) is 3.33. The fourth-order valence-corrected chi connectivity index (χ4v) is 3.65. The number of rotatable bonds is 13. The summed E-state index contributed by atoms with van der Waals surface area (Å²) in [6, 6.07) is 12.1. The predicted octanol–water partition coefficient (Wildman–Crippen LogP) is 3.95. The van der Waals surface area contributed by atoms with Gasteiger partial charge in [0, 0.05) is 5.38 Å². The molecular formula is C25H27N3O7S. The molecule has 36 heavy (non-hydrogen) atoms. The minimum atomic E-state index is -0.425. The predicted molar refractivity (Wildman–Crippen MR) is 135 cm³/mol. The zero-order valence-corrected chi connectivity index (χ0v) is 21.0. The molecule has 0 bridgehead atoms. The molecule has 3 aromatic rings. The van der Waals surface area contributed by atoms with E-state index < -0.39 is 5.97 Å². The van der Waals surface area contributed by atoms with E-state index in [1.54, 1.807) is 62.0 Å². The molecule has 0 saturated heterocycles. The molecule has 3 rings (SSSR count). The second kappa shape index (κ2) is 13.7. The third-order valence-electron chi connectivity index (χ3n) is 4.61. The minimum Gasteiger partial charge on any atom is -0.493 e. The van der Waals surface area contributed by atoms with E-state index in [1.165, 1.54) is 18.4 Å². The number of thiazole rings is 1. The monoisotopic (exact) mass is 513 g/mol. The van der Waals surface area contributed by atoms with Gasteiger partial charge in [-0.15, -0.1) is 11.3 Å². The third-order valence-corrected chi connectivity index (χ3v) is 5.40. The maximum atomic E-state index is 11.6. The van der Waals surface area contributed by atoms with Crippen molar-refractivity contribution < 1.29 is 33.3 Å². The summed E-state index contributed by atoms with van der Waals surface area (Å²) < 4.78 is 26.5. The molecule has 0 fully saturated rings. The van der Waals surface area contributed by atoms with Gasteiger partial charge in [-0.05, 0) is 48.9 Å². The summed E-state index contributed by atoms with van der Waals surface area (Å²) in [4.78, 5) is 27.5. The Bertz CT molecular complexity index is 1200. The highest BCUT2D eigenvalue weighted by Crippen LogP contribution is 2.27. The number of anilines is 1. The van der Waals surface area contributed by atoms with Gasteiger partial charge in [-0.2, -0.15) is 5.10 Å². The van der Waals surface area contributed by atoms with Crippen LogP contribution in [-0.4, -0.2) is 57.2 Å². The van der Waals surface area contributed by atoms with Gasteiger partial charge in [-0.25, -0.2) is 9.78 Å². The Kier molecular flexibility index (Phi) is 10.1. The number of hydrogen-bond donors (Lipinski definition) is 1. The molecule has 0 radical (unpaired) electrons. The zero-order chi connectivity index (χ0) is 25.8. The van der Waals surface area contributed by atoms with Crippen LogP contribution in [0.3, 0.4) is 0 Å². The van der Waals surface area contributed by atoms with Crippen LogP contribution in [0.15, 0.2) is 52.9 Å². The van der Waals surface area contributed by atoms with Gasteiger partial charge in [0.05, 0.1) is 44.7 Å². The molecule has 10 nitrogen and oxygen atoms in total. The van der Waals surface area contributed by atoms with Gasteiger partial charge in [-0.1, -0.05) is 6.07 Å². The maximum absolute atomic E-state index is 11.6. The van der Waals surface area contributed by atoms with E-state index in [1.807, 2.05) is 6.07 Å². The van der Waals surface area contributed by atoms with Gasteiger partial charge in [-0.3, -0.25) is 10.2 Å². The summed E-state index contributed by atoms with van der Waals surface area (Å²) in [5, 5.41) is 6.53. The summed E-state index contributed by atoms with van der Waals surface area (Å²) in [7, 11) is 2.88. The van der Waals surface area contributed by atoms with E-state index in [9.17, 15) is 9.59 Å². The molecule has 1 N–H and O–H groups in total. The van der Waals surface area contributed by atoms with Crippen molar-refractivity contribution in [1.29, 1.82) is 0 Å². The van der Waals surface area contributed by atoms with Crippen LogP contribution in [0.2, 0.25) is 0 Å². The molecule has 0 amide bonds. The van der Waals surface area contributed by atoms with Crippen molar-refractivity contribution in [3.05, 3.63) is 64.7 Å². The Labute approximate surface area is 212 Å². The van der Waals surface area contributed by atoms with Crippen LogP contribution in [0.1, 0.15) is 28.5 Å². The highest BCUT2D eigenvalue weighted by molar-refractivity contribution is 7.13. The Morgan fingerprint density at radius 3 is 2.69 bits per heavy atom. The zero-order valence-electron chi connectivity index (χ0n) is 20.2. The fraction of sp³-hybridized carbons (Fsp3) is 0.280. The number of aromatic nitrogens is 1. The summed E-state index contributed by atoms with van der Waals surface area (Å²) >= 11 is 1.34. The SMILES string of the molecule is CCOC(=O)Cc1csc(NN=Cc2ccc(OCCOc3cccc(C(=O)OC)c3)c(OC)c2)n1. The molecule has 0 aliphatic rings. The molecule has 0 aliphatic carbocycles. The topological polar surface area (TPSA) is 118 Å². The van der Waals surface area contributed by atoms with Crippen LogP contribution in [-0.2, 0) is 20.7 Å². The van der Waals surface area contributed by atoms with Crippen molar-refractivity contribution in [2.75, 3.05) is 39.5 Å². The number of nitrogens with zero attached hydrogens (tertiary/aromatic N) is 2. The second-order valence-electron chi connectivity index (χ2n) is 7.12. The lowest BCUT2D eigenvalue weighted by Crippen LogP contribution is -2.10. The highest BCUT2D eigenvalue weighted by atomic mass is 32.1. The molecular weight excluding hydrogens is 486 g/mol. The largest absolute Gasteiger partial charge is 0.493 e. The van der Waals surface area contributed by atoms with Crippen LogP contribution >= 0.6 is 11.3 Å². The van der Waals surface area contributed by atoms with E-state index in [0.29, 0.717) is 40.2 Å². The molecule has 11 heteroatoms. The minimum absolute atomic E-state index is 0.124. The van der Waals surface area contributed by atoms with Gasteiger partial charge in [0.25, 0.3) is 0 Å². The van der Waals surface area contributed by atoms with Gasteiger partial charge < -0.3 is 23.7 Å². The van der Waals surface area contributed by atoms with Gasteiger partial charge in [0.2, 0.25) is 5.13 Å². The Morgan fingerprint density at radius 1 is 1.08 bits per heavy atom. The molecule has 2 aromatic carbocycles. The lowest BCUT2D eigenvalue weighted by molar-refractivity contribution is -0.142. The summed E-state index contributed by atoms with van der Waals surface area (Å²) in [6.07, 6.45) is 1.75. The van der Waals surface area contributed by atoms with E-state index in [-0.39, 0.29) is 25.6 Å². The van der Waals surface area contributed by atoms with Crippen molar-refractivity contribution in [3.63, 3.8) is 0 Å². The van der Waals surface area contributed by atoms with Crippen molar-refractivity contribution in [2.24, 2.45) is 5.10 Å². The molecule has 0 spiro atoms. The number of nitrogens with one attached hydrogen (secondary N) is 1. The average molecular weight is 514 g/mol. The highest BCUT2D eigenvalue weighted by Gasteiger charge is 2.09. The van der Waals surface area contributed by atoms with Crippen molar-refractivity contribution in [1.82, 2.24) is 4.98 Å². The van der Waals surface area contributed by atoms with Crippen LogP contribution in [0.5, 0.6) is 17.2 Å². The van der Waals surface area contributed by atoms with E-state index >= 15 is 0 Å². The quantitative estimate of drug-likeness (QED) is 0.157. The fourth-order valence-electron chi connectivity index (χ4n) is 2.99. The Hall–Kier alpha value is -4.12. The number of hydrazone groups is 1. The Balaban J connectivity index is 1.49. The van der Waals surface area contributed by atoms with Gasteiger partial charge in [0.1, 0.15) is 19.0 Å². The van der Waals surface area contributed by atoms with Gasteiger partial charge >= 0.3 is 11.9 Å². The Morgan fingerprint density at radius 2 is 1.92 bits per heavy atom. The summed E-state index contributed by atoms with van der Waals surface area (Å²) in [5.41, 5.74) is 4.67.